The van der Waals surface area contributed by atoms with E-state index in [1.165, 1.54) is 25.7 Å². The maximum absolute atomic E-state index is 11.7. The van der Waals surface area contributed by atoms with E-state index >= 15 is 0 Å². The summed E-state index contributed by atoms with van der Waals surface area (Å²) < 4.78 is 22.9. The van der Waals surface area contributed by atoms with Crippen LogP contribution < -0.4 is 10.6 Å². The Morgan fingerprint density at radius 2 is 1.90 bits per heavy atom. The molecule has 0 spiro atoms. The number of sulfone groups is 1. The van der Waals surface area contributed by atoms with E-state index in [0.717, 1.165) is 12.8 Å². The van der Waals surface area contributed by atoms with Crippen LogP contribution in [-0.2, 0) is 14.6 Å². The first-order valence-corrected chi connectivity index (χ1v) is 9.56. The SMILES string of the molecule is CCCCCCCCNC(=O)CC1CS(=O)(=O)CCN1. The molecular formula is C14H28N2O3S. The molecule has 1 atom stereocenters. The normalized spacial score (nSPS) is 21.6. The molecule has 0 bridgehead atoms. The van der Waals surface area contributed by atoms with Crippen molar-refractivity contribution in [1.29, 1.82) is 0 Å². The number of rotatable bonds is 9. The number of unbranched alkanes of at least 4 members (excludes halogenated alkanes) is 5. The molecule has 0 radical (unpaired) electrons. The van der Waals surface area contributed by atoms with E-state index < -0.39 is 9.84 Å². The summed E-state index contributed by atoms with van der Waals surface area (Å²) in [6.07, 6.45) is 7.44. The standard InChI is InChI=1S/C14H28N2O3S/c1-2-3-4-5-6-7-8-16-14(17)11-13-12-20(18,19)10-9-15-13/h13,15H,2-12H2,1H3,(H,16,17). The molecule has 5 nitrogen and oxygen atoms in total. The summed E-state index contributed by atoms with van der Waals surface area (Å²) >= 11 is 0. The van der Waals surface area contributed by atoms with Gasteiger partial charge in [-0.3, -0.25) is 4.79 Å². The summed E-state index contributed by atoms with van der Waals surface area (Å²) in [5.41, 5.74) is 0. The van der Waals surface area contributed by atoms with Crippen molar-refractivity contribution in [1.82, 2.24) is 10.6 Å². The average Bonchev–Trinajstić information content (AvgIpc) is 2.36. The zero-order valence-electron chi connectivity index (χ0n) is 12.5. The first kappa shape index (κ1) is 17.4. The van der Waals surface area contributed by atoms with Gasteiger partial charge in [0.15, 0.2) is 9.84 Å². The summed E-state index contributed by atoms with van der Waals surface area (Å²) in [6.45, 7) is 3.35. The molecule has 1 unspecified atom stereocenters. The third-order valence-electron chi connectivity index (χ3n) is 3.59. The van der Waals surface area contributed by atoms with Crippen LogP contribution >= 0.6 is 0 Å². The molecular weight excluding hydrogens is 276 g/mol. The Bertz CT molecular complexity index is 382. The first-order valence-electron chi connectivity index (χ1n) is 7.74. The zero-order valence-corrected chi connectivity index (χ0v) is 13.3. The van der Waals surface area contributed by atoms with Crippen LogP contribution in [0, 0.1) is 0 Å². The summed E-state index contributed by atoms with van der Waals surface area (Å²) in [4.78, 5) is 11.7. The van der Waals surface area contributed by atoms with Gasteiger partial charge in [-0.1, -0.05) is 39.0 Å². The highest BCUT2D eigenvalue weighted by Gasteiger charge is 2.25. The average molecular weight is 304 g/mol. The molecule has 1 fully saturated rings. The predicted octanol–water partition coefficient (Wildman–Crippen LogP) is 1.24. The van der Waals surface area contributed by atoms with Crippen LogP contribution in [0.1, 0.15) is 51.9 Å². The maximum atomic E-state index is 11.7. The van der Waals surface area contributed by atoms with Crippen molar-refractivity contribution >= 4 is 15.7 Å². The van der Waals surface area contributed by atoms with Gasteiger partial charge in [-0.2, -0.15) is 0 Å². The number of carbonyl (C=O) groups excluding carboxylic acids is 1. The molecule has 0 saturated carbocycles. The van der Waals surface area contributed by atoms with Crippen LogP contribution in [-0.4, -0.2) is 45.0 Å². The van der Waals surface area contributed by atoms with Gasteiger partial charge in [0.1, 0.15) is 0 Å². The minimum absolute atomic E-state index is 0.0480. The van der Waals surface area contributed by atoms with Gasteiger partial charge >= 0.3 is 0 Å². The Hall–Kier alpha value is -0.620. The fraction of sp³-hybridized carbons (Fsp3) is 0.929. The van der Waals surface area contributed by atoms with E-state index in [9.17, 15) is 13.2 Å². The Labute approximate surface area is 122 Å². The van der Waals surface area contributed by atoms with Gasteiger partial charge in [0, 0.05) is 25.6 Å². The zero-order chi connectivity index (χ0) is 14.8. The van der Waals surface area contributed by atoms with Crippen molar-refractivity contribution in [2.75, 3.05) is 24.6 Å². The second-order valence-electron chi connectivity index (χ2n) is 5.59. The van der Waals surface area contributed by atoms with E-state index in [4.69, 9.17) is 0 Å². The van der Waals surface area contributed by atoms with Crippen molar-refractivity contribution in [3.05, 3.63) is 0 Å². The molecule has 0 aliphatic carbocycles. The van der Waals surface area contributed by atoms with Gasteiger partial charge in [-0.15, -0.1) is 0 Å². The van der Waals surface area contributed by atoms with Crippen molar-refractivity contribution in [2.24, 2.45) is 0 Å². The van der Waals surface area contributed by atoms with Gasteiger partial charge in [-0.05, 0) is 6.42 Å². The van der Waals surface area contributed by atoms with E-state index in [1.54, 1.807) is 0 Å². The second-order valence-corrected chi connectivity index (χ2v) is 7.82. The highest BCUT2D eigenvalue weighted by atomic mass is 32.2. The quantitative estimate of drug-likeness (QED) is 0.629. The minimum Gasteiger partial charge on any atom is -0.356 e. The molecule has 1 saturated heterocycles. The molecule has 1 aliphatic rings. The lowest BCUT2D eigenvalue weighted by molar-refractivity contribution is -0.121. The summed E-state index contributed by atoms with van der Waals surface area (Å²) in [5.74, 6) is 0.216. The predicted molar refractivity (Wildman–Crippen MR) is 81.4 cm³/mol. The van der Waals surface area contributed by atoms with Crippen molar-refractivity contribution in [3.63, 3.8) is 0 Å². The van der Waals surface area contributed by atoms with E-state index in [0.29, 0.717) is 13.1 Å². The minimum atomic E-state index is -2.96. The van der Waals surface area contributed by atoms with Gasteiger partial charge in [-0.25, -0.2) is 8.42 Å². The van der Waals surface area contributed by atoms with E-state index in [2.05, 4.69) is 17.6 Å². The lowest BCUT2D eigenvalue weighted by Gasteiger charge is -2.23. The van der Waals surface area contributed by atoms with E-state index in [1.807, 2.05) is 0 Å². The number of hydrogen-bond donors (Lipinski definition) is 2. The van der Waals surface area contributed by atoms with Crippen molar-refractivity contribution in [2.45, 2.75) is 57.9 Å². The number of nitrogens with one attached hydrogen (secondary N) is 2. The molecule has 0 aromatic rings. The molecule has 1 rings (SSSR count). The molecule has 1 amide bonds. The van der Waals surface area contributed by atoms with Gasteiger partial charge in [0.25, 0.3) is 0 Å². The van der Waals surface area contributed by atoms with Crippen LogP contribution in [0.2, 0.25) is 0 Å². The number of carbonyl (C=O) groups is 1. The molecule has 6 heteroatoms. The summed E-state index contributed by atoms with van der Waals surface area (Å²) in [7, 11) is -2.96. The van der Waals surface area contributed by atoms with Gasteiger partial charge < -0.3 is 10.6 Å². The Morgan fingerprint density at radius 3 is 2.60 bits per heavy atom. The second kappa shape index (κ2) is 9.34. The monoisotopic (exact) mass is 304 g/mol. The first-order chi connectivity index (χ1) is 9.53. The van der Waals surface area contributed by atoms with Crippen LogP contribution in [0.15, 0.2) is 0 Å². The topological polar surface area (TPSA) is 75.3 Å². The molecule has 0 aromatic heterocycles. The van der Waals surface area contributed by atoms with Gasteiger partial charge in [0.05, 0.1) is 11.5 Å². The van der Waals surface area contributed by atoms with Crippen molar-refractivity contribution in [3.8, 4) is 0 Å². The lowest BCUT2D eigenvalue weighted by atomic mass is 10.1. The summed E-state index contributed by atoms with van der Waals surface area (Å²) in [5, 5.41) is 5.96. The molecule has 1 heterocycles. The van der Waals surface area contributed by atoms with Crippen LogP contribution in [0.25, 0.3) is 0 Å². The van der Waals surface area contributed by atoms with Crippen molar-refractivity contribution < 1.29 is 13.2 Å². The number of amides is 1. The van der Waals surface area contributed by atoms with Crippen LogP contribution in [0.5, 0.6) is 0 Å². The maximum Gasteiger partial charge on any atom is 0.221 e. The Balaban J connectivity index is 2.05. The Morgan fingerprint density at radius 1 is 1.20 bits per heavy atom. The highest BCUT2D eigenvalue weighted by molar-refractivity contribution is 7.91. The number of hydrogen-bond acceptors (Lipinski definition) is 4. The highest BCUT2D eigenvalue weighted by Crippen LogP contribution is 2.06. The summed E-state index contributed by atoms with van der Waals surface area (Å²) in [6, 6.07) is -0.224. The fourth-order valence-electron chi connectivity index (χ4n) is 2.43. The van der Waals surface area contributed by atoms with Crippen LogP contribution in [0.4, 0.5) is 0 Å². The fourth-order valence-corrected chi connectivity index (χ4v) is 3.87. The smallest absolute Gasteiger partial charge is 0.221 e. The van der Waals surface area contributed by atoms with Crippen LogP contribution in [0.3, 0.4) is 0 Å². The molecule has 118 valence electrons. The van der Waals surface area contributed by atoms with E-state index in [-0.39, 0.29) is 29.9 Å². The molecule has 1 aliphatic heterocycles. The largest absolute Gasteiger partial charge is 0.356 e. The van der Waals surface area contributed by atoms with Gasteiger partial charge in [0.2, 0.25) is 5.91 Å². The third-order valence-corrected chi connectivity index (χ3v) is 5.32. The Kier molecular flexibility index (Phi) is 8.14. The lowest BCUT2D eigenvalue weighted by Crippen LogP contribution is -2.47. The molecule has 0 aromatic carbocycles. The molecule has 20 heavy (non-hydrogen) atoms. The molecule has 2 N–H and O–H groups in total. The third kappa shape index (κ3) is 7.85.